The van der Waals surface area contributed by atoms with Crippen LogP contribution >= 0.6 is 7.82 Å². The van der Waals surface area contributed by atoms with Crippen molar-refractivity contribution in [1.29, 1.82) is 0 Å². The van der Waals surface area contributed by atoms with Crippen LogP contribution in [0.3, 0.4) is 0 Å². The first-order chi connectivity index (χ1) is 11.2. The van der Waals surface area contributed by atoms with Gasteiger partial charge in [0.2, 0.25) is 0 Å². The van der Waals surface area contributed by atoms with Gasteiger partial charge in [-0.3, -0.25) is 14.6 Å². The Morgan fingerprint density at radius 2 is 1.75 bits per heavy atom. The van der Waals surface area contributed by atoms with Crippen molar-refractivity contribution in [3.05, 3.63) is 58.7 Å². The number of hydrogen-bond donors (Lipinski definition) is 3. The summed E-state index contributed by atoms with van der Waals surface area (Å²) < 4.78 is 15.6. The Bertz CT molecular complexity index is 809. The topological polar surface area (TPSA) is 104 Å². The summed E-state index contributed by atoms with van der Waals surface area (Å²) in [6.45, 7) is 3.51. The smallest absolute Gasteiger partial charge is 0.507 e. The molecule has 0 atom stereocenters. The molecule has 6 nitrogen and oxygen atoms in total. The van der Waals surface area contributed by atoms with Crippen molar-refractivity contribution in [3.63, 3.8) is 0 Å². The van der Waals surface area contributed by atoms with Gasteiger partial charge in [-0.2, -0.15) is 0 Å². The van der Waals surface area contributed by atoms with Gasteiger partial charge in [-0.15, -0.1) is 0 Å². The zero-order chi connectivity index (χ0) is 17.9. The second kappa shape index (κ2) is 7.18. The molecule has 2 aromatic carbocycles. The molecule has 0 aliphatic carbocycles. The second-order valence-corrected chi connectivity index (χ2v) is 6.66. The number of aryl methyl sites for hydroxylation is 1. The molecule has 0 spiro atoms. The molecule has 0 saturated heterocycles. The lowest BCUT2D eigenvalue weighted by Crippen LogP contribution is -2.04. The fraction of sp³-hybridized carbons (Fsp3) is 0.235. The molecule has 0 bridgehead atoms. The fourth-order valence-electron chi connectivity index (χ4n) is 2.44. The highest BCUT2D eigenvalue weighted by molar-refractivity contribution is 7.46. The van der Waals surface area contributed by atoms with Gasteiger partial charge in [0.25, 0.3) is 0 Å². The van der Waals surface area contributed by atoms with Gasteiger partial charge in [-0.25, -0.2) is 4.57 Å². The summed E-state index contributed by atoms with van der Waals surface area (Å²) >= 11 is 0. The van der Waals surface area contributed by atoms with Crippen molar-refractivity contribution < 1.29 is 28.8 Å². The van der Waals surface area contributed by atoms with Crippen LogP contribution in [0.5, 0.6) is 11.5 Å². The van der Waals surface area contributed by atoms with Crippen LogP contribution < -0.4 is 4.52 Å². The first kappa shape index (κ1) is 18.2. The molecule has 2 rings (SSSR count). The number of rotatable bonds is 6. The Morgan fingerprint density at radius 1 is 1.08 bits per heavy atom. The number of carbonyl (C=O) groups is 1. The van der Waals surface area contributed by atoms with Crippen LogP contribution in [0.25, 0.3) is 0 Å². The predicted octanol–water partition coefficient (Wildman–Crippen LogP) is 3.30. The number of phenolic OH excluding ortho intramolecular Hbond substituents is 1. The van der Waals surface area contributed by atoms with Crippen LogP contribution in [0.4, 0.5) is 0 Å². The molecule has 24 heavy (non-hydrogen) atoms. The number of phosphoric acid groups is 1. The minimum absolute atomic E-state index is 0.0409. The number of ketones is 1. The largest absolute Gasteiger partial charge is 0.524 e. The van der Waals surface area contributed by atoms with E-state index in [4.69, 9.17) is 9.79 Å². The summed E-state index contributed by atoms with van der Waals surface area (Å²) in [5.41, 5.74) is 2.60. The third-order valence-electron chi connectivity index (χ3n) is 3.89. The van der Waals surface area contributed by atoms with Gasteiger partial charge in [0.1, 0.15) is 11.5 Å². The maximum Gasteiger partial charge on any atom is 0.524 e. The van der Waals surface area contributed by atoms with E-state index in [-0.39, 0.29) is 29.3 Å². The number of para-hydroxylation sites is 1. The molecule has 128 valence electrons. The first-order valence-corrected chi connectivity index (χ1v) is 8.87. The molecule has 3 N–H and O–H groups in total. The molecule has 0 radical (unpaired) electrons. The lowest BCUT2D eigenvalue weighted by atomic mass is 9.96. The van der Waals surface area contributed by atoms with Crippen molar-refractivity contribution in [1.82, 2.24) is 0 Å². The number of hydrogen-bond acceptors (Lipinski definition) is 4. The Morgan fingerprint density at radius 3 is 2.38 bits per heavy atom. The highest BCUT2D eigenvalue weighted by atomic mass is 31.2. The highest BCUT2D eigenvalue weighted by Gasteiger charge is 2.19. The van der Waals surface area contributed by atoms with Crippen LogP contribution in [0.2, 0.25) is 0 Å². The Balaban J connectivity index is 2.14. The summed E-state index contributed by atoms with van der Waals surface area (Å²) in [7, 11) is -4.61. The van der Waals surface area contributed by atoms with Crippen molar-refractivity contribution in [2.45, 2.75) is 26.7 Å². The molecule has 2 aromatic rings. The number of aromatic hydroxyl groups is 1. The average Bonchev–Trinajstić information content (AvgIpc) is 2.50. The molecular formula is C17H19O6P. The number of phenols is 1. The zero-order valence-corrected chi connectivity index (χ0v) is 14.3. The average molecular weight is 350 g/mol. The van der Waals surface area contributed by atoms with Gasteiger partial charge >= 0.3 is 7.82 Å². The number of phosphoric ester groups is 1. The lowest BCUT2D eigenvalue weighted by molar-refractivity contribution is 0.0980. The molecule has 0 aliphatic rings. The second-order valence-electron chi connectivity index (χ2n) is 5.50. The quantitative estimate of drug-likeness (QED) is 0.545. The molecule has 0 aliphatic heterocycles. The van der Waals surface area contributed by atoms with E-state index in [0.717, 1.165) is 11.1 Å². The van der Waals surface area contributed by atoms with E-state index in [1.54, 1.807) is 31.2 Å². The summed E-state index contributed by atoms with van der Waals surface area (Å²) in [5.74, 6) is -0.0851. The van der Waals surface area contributed by atoms with E-state index in [1.807, 2.05) is 6.92 Å². The van der Waals surface area contributed by atoms with Gasteiger partial charge in [0, 0.05) is 6.42 Å². The standard InChI is InChI=1S/C17H19O6P/c1-11-12(2)17(23-24(20,21)22)10-8-13(11)7-9-16(19)14-5-3-4-6-15(14)18/h3-6,8,10,18H,7,9H2,1-2H3,(H2,20,21,22). The first-order valence-electron chi connectivity index (χ1n) is 7.34. The Hall–Kier alpha value is -2.14. The van der Waals surface area contributed by atoms with Gasteiger partial charge in [0.05, 0.1) is 5.56 Å². The van der Waals surface area contributed by atoms with E-state index in [1.165, 1.54) is 12.1 Å². The summed E-state index contributed by atoms with van der Waals surface area (Å²) in [4.78, 5) is 30.0. The van der Waals surface area contributed by atoms with Crippen LogP contribution in [-0.4, -0.2) is 20.7 Å². The third kappa shape index (κ3) is 4.45. The maximum absolute atomic E-state index is 12.2. The zero-order valence-electron chi connectivity index (χ0n) is 13.4. The van der Waals surface area contributed by atoms with Crippen molar-refractivity contribution in [2.75, 3.05) is 0 Å². The van der Waals surface area contributed by atoms with Crippen LogP contribution in [-0.2, 0) is 11.0 Å². The van der Waals surface area contributed by atoms with Gasteiger partial charge in [0.15, 0.2) is 5.78 Å². The Kier molecular flexibility index (Phi) is 5.44. The van der Waals surface area contributed by atoms with Crippen molar-refractivity contribution in [2.24, 2.45) is 0 Å². The minimum Gasteiger partial charge on any atom is -0.507 e. The van der Waals surface area contributed by atoms with E-state index in [0.29, 0.717) is 12.0 Å². The number of benzene rings is 2. The summed E-state index contributed by atoms with van der Waals surface area (Å²) in [5, 5.41) is 9.71. The normalized spacial score (nSPS) is 11.3. The van der Waals surface area contributed by atoms with Gasteiger partial charge in [-0.05, 0) is 55.2 Å². The summed E-state index contributed by atoms with van der Waals surface area (Å²) in [6, 6.07) is 9.56. The molecule has 7 heteroatoms. The molecule has 0 aromatic heterocycles. The van der Waals surface area contributed by atoms with Crippen molar-refractivity contribution in [3.8, 4) is 11.5 Å². The van der Waals surface area contributed by atoms with E-state index >= 15 is 0 Å². The maximum atomic E-state index is 12.2. The third-order valence-corrected chi connectivity index (χ3v) is 4.33. The lowest BCUT2D eigenvalue weighted by Gasteiger charge is -2.14. The molecule has 0 saturated carbocycles. The molecular weight excluding hydrogens is 331 g/mol. The van der Waals surface area contributed by atoms with Gasteiger partial charge in [-0.1, -0.05) is 18.2 Å². The molecule has 0 amide bonds. The van der Waals surface area contributed by atoms with Crippen LogP contribution in [0.1, 0.15) is 33.5 Å². The van der Waals surface area contributed by atoms with E-state index < -0.39 is 7.82 Å². The summed E-state index contributed by atoms with van der Waals surface area (Å²) in [6.07, 6.45) is 0.673. The number of Topliss-reactive ketones (excluding diaryl/α,β-unsaturated/α-hetero) is 1. The highest BCUT2D eigenvalue weighted by Crippen LogP contribution is 2.40. The molecule has 0 fully saturated rings. The predicted molar refractivity (Wildman–Crippen MR) is 89.3 cm³/mol. The van der Waals surface area contributed by atoms with Gasteiger partial charge < -0.3 is 9.63 Å². The van der Waals surface area contributed by atoms with Crippen molar-refractivity contribution >= 4 is 13.6 Å². The Labute approximate surface area is 140 Å². The number of carbonyl (C=O) groups excluding carboxylic acids is 1. The van der Waals surface area contributed by atoms with E-state index in [2.05, 4.69) is 4.52 Å². The monoisotopic (exact) mass is 350 g/mol. The van der Waals surface area contributed by atoms with Crippen LogP contribution in [0.15, 0.2) is 36.4 Å². The van der Waals surface area contributed by atoms with Crippen LogP contribution in [0, 0.1) is 13.8 Å². The fourth-order valence-corrected chi connectivity index (χ4v) is 2.90. The SMILES string of the molecule is Cc1c(CCC(=O)c2ccccc2O)ccc(OP(=O)(O)O)c1C. The molecule has 0 heterocycles. The van der Waals surface area contributed by atoms with E-state index in [9.17, 15) is 14.5 Å². The minimum atomic E-state index is -4.61. The molecule has 0 unspecified atom stereocenters.